The minimum atomic E-state index is -0.317. The lowest BCUT2D eigenvalue weighted by atomic mass is 9.98. The van der Waals surface area contributed by atoms with Crippen molar-refractivity contribution in [3.8, 4) is 0 Å². The van der Waals surface area contributed by atoms with E-state index in [1.165, 1.54) is 0 Å². The Balaban J connectivity index is 2.40. The first-order valence-corrected chi connectivity index (χ1v) is 8.59. The van der Waals surface area contributed by atoms with E-state index in [0.717, 1.165) is 32.1 Å². The van der Waals surface area contributed by atoms with E-state index < -0.39 is 0 Å². The molecule has 0 amide bonds. The molecule has 2 aromatic carbocycles. The molecule has 0 aliphatic carbocycles. The average molecular weight is 424 g/mol. The van der Waals surface area contributed by atoms with E-state index >= 15 is 0 Å². The molecule has 0 aliphatic rings. The first-order chi connectivity index (χ1) is 10.6. The molecule has 0 aliphatic heterocycles. The molecule has 2 nitrogen and oxygen atoms in total. The molecule has 0 atom stereocenters. The second-order valence-electron chi connectivity index (χ2n) is 4.74. The van der Waals surface area contributed by atoms with Crippen LogP contribution in [0, 0.1) is 0 Å². The Morgan fingerprint density at radius 2 is 1.41 bits per heavy atom. The van der Waals surface area contributed by atoms with Gasteiger partial charge in [0.2, 0.25) is 0 Å². The number of rotatable bonds is 5. The van der Waals surface area contributed by atoms with Crippen LogP contribution < -0.4 is 0 Å². The van der Waals surface area contributed by atoms with Gasteiger partial charge in [0, 0.05) is 15.0 Å². The predicted molar refractivity (Wildman–Crippen MR) is 96.6 cm³/mol. The molecule has 0 heterocycles. The Hall–Kier alpha value is -1.39. The van der Waals surface area contributed by atoms with E-state index in [4.69, 9.17) is 4.74 Å². The largest absolute Gasteiger partial charge is 0.463 e. The van der Waals surface area contributed by atoms with E-state index in [9.17, 15) is 4.79 Å². The first-order valence-electron chi connectivity index (χ1n) is 7.00. The summed E-state index contributed by atoms with van der Waals surface area (Å²) in [4.78, 5) is 12.0. The molecule has 0 saturated carbocycles. The number of benzene rings is 2. The summed E-state index contributed by atoms with van der Waals surface area (Å²) in [6.45, 7) is 2.41. The van der Waals surface area contributed by atoms with Gasteiger partial charge in [-0.2, -0.15) is 0 Å². The lowest BCUT2D eigenvalue weighted by molar-refractivity contribution is -0.137. The highest BCUT2D eigenvalue weighted by atomic mass is 79.9. The van der Waals surface area contributed by atoms with Gasteiger partial charge in [-0.25, -0.2) is 4.79 Å². The van der Waals surface area contributed by atoms with Crippen molar-refractivity contribution >= 4 is 43.4 Å². The molecule has 0 spiro atoms. The number of ether oxygens (including phenoxy) is 1. The minimum absolute atomic E-state index is 0.317. The number of hydrogen-bond acceptors (Lipinski definition) is 2. The standard InChI is InChI=1S/C18H16Br2O2/c1-2-11-22-18(21)12-17(13-3-7-15(19)8-4-13)14-5-9-16(20)10-6-14/h3-10,12H,2,11H2,1H3. The topological polar surface area (TPSA) is 26.3 Å². The maximum Gasteiger partial charge on any atom is 0.331 e. The fourth-order valence-electron chi connectivity index (χ4n) is 1.95. The third kappa shape index (κ3) is 4.82. The highest BCUT2D eigenvalue weighted by Crippen LogP contribution is 2.26. The highest BCUT2D eigenvalue weighted by molar-refractivity contribution is 9.10. The lowest BCUT2D eigenvalue weighted by Crippen LogP contribution is -2.03. The number of esters is 1. The summed E-state index contributed by atoms with van der Waals surface area (Å²) in [5.74, 6) is -0.317. The number of hydrogen-bond donors (Lipinski definition) is 0. The van der Waals surface area contributed by atoms with Gasteiger partial charge in [0.25, 0.3) is 0 Å². The summed E-state index contributed by atoms with van der Waals surface area (Å²) >= 11 is 6.86. The van der Waals surface area contributed by atoms with Gasteiger partial charge in [-0.3, -0.25) is 0 Å². The maximum atomic E-state index is 12.0. The Morgan fingerprint density at radius 1 is 0.955 bits per heavy atom. The van der Waals surface area contributed by atoms with E-state index in [1.807, 2.05) is 55.5 Å². The third-order valence-corrected chi connectivity index (χ3v) is 4.08. The van der Waals surface area contributed by atoms with Crippen LogP contribution in [0.3, 0.4) is 0 Å². The van der Waals surface area contributed by atoms with Crippen molar-refractivity contribution in [1.82, 2.24) is 0 Å². The van der Waals surface area contributed by atoms with Crippen LogP contribution in [0.5, 0.6) is 0 Å². The maximum absolute atomic E-state index is 12.0. The third-order valence-electron chi connectivity index (χ3n) is 3.02. The van der Waals surface area contributed by atoms with Gasteiger partial charge in [0.1, 0.15) is 0 Å². The summed E-state index contributed by atoms with van der Waals surface area (Å²) in [5, 5.41) is 0. The van der Waals surface area contributed by atoms with Crippen LogP contribution in [0.4, 0.5) is 0 Å². The van der Waals surface area contributed by atoms with Crippen LogP contribution in [-0.2, 0) is 9.53 Å². The molecule has 22 heavy (non-hydrogen) atoms. The van der Waals surface area contributed by atoms with E-state index in [2.05, 4.69) is 31.9 Å². The quantitative estimate of drug-likeness (QED) is 0.462. The van der Waals surface area contributed by atoms with Crippen LogP contribution in [0.1, 0.15) is 24.5 Å². The average Bonchev–Trinajstić information content (AvgIpc) is 2.52. The monoisotopic (exact) mass is 422 g/mol. The summed E-state index contributed by atoms with van der Waals surface area (Å²) < 4.78 is 7.18. The van der Waals surface area contributed by atoms with Gasteiger partial charge in [-0.05, 0) is 47.4 Å². The Kier molecular flexibility index (Phi) is 6.40. The molecule has 0 radical (unpaired) electrons. The first kappa shape index (κ1) is 17.0. The van der Waals surface area contributed by atoms with Crippen LogP contribution in [0.2, 0.25) is 0 Å². The second kappa shape index (κ2) is 8.30. The molecule has 0 N–H and O–H groups in total. The molecule has 114 valence electrons. The van der Waals surface area contributed by atoms with Crippen molar-refractivity contribution in [1.29, 1.82) is 0 Å². The normalized spacial score (nSPS) is 10.1. The Bertz CT molecular complexity index is 611. The molecular formula is C18H16Br2O2. The molecule has 0 unspecified atom stereocenters. The zero-order valence-corrected chi connectivity index (χ0v) is 15.4. The van der Waals surface area contributed by atoms with Crippen LogP contribution in [-0.4, -0.2) is 12.6 Å². The van der Waals surface area contributed by atoms with Crippen LogP contribution >= 0.6 is 31.9 Å². The zero-order valence-electron chi connectivity index (χ0n) is 12.2. The highest BCUT2D eigenvalue weighted by Gasteiger charge is 2.09. The number of carbonyl (C=O) groups is 1. The van der Waals surface area contributed by atoms with Gasteiger partial charge in [-0.1, -0.05) is 63.0 Å². The fraction of sp³-hybridized carbons (Fsp3) is 0.167. The van der Waals surface area contributed by atoms with Crippen molar-refractivity contribution in [3.05, 3.63) is 74.7 Å². The number of carbonyl (C=O) groups excluding carboxylic acids is 1. The predicted octanol–water partition coefficient (Wildman–Crippen LogP) is 5.60. The van der Waals surface area contributed by atoms with Crippen molar-refractivity contribution in [2.45, 2.75) is 13.3 Å². The van der Waals surface area contributed by atoms with Crippen molar-refractivity contribution in [3.63, 3.8) is 0 Å². The summed E-state index contributed by atoms with van der Waals surface area (Å²) in [6.07, 6.45) is 2.37. The van der Waals surface area contributed by atoms with Crippen molar-refractivity contribution in [2.75, 3.05) is 6.61 Å². The van der Waals surface area contributed by atoms with Gasteiger partial charge >= 0.3 is 5.97 Å². The van der Waals surface area contributed by atoms with Crippen molar-refractivity contribution < 1.29 is 9.53 Å². The van der Waals surface area contributed by atoms with Gasteiger partial charge in [0.05, 0.1) is 6.61 Å². The Labute approximate surface area is 147 Å². The Morgan fingerprint density at radius 3 is 1.82 bits per heavy atom. The molecule has 0 fully saturated rings. The summed E-state index contributed by atoms with van der Waals surface area (Å²) in [7, 11) is 0. The van der Waals surface area contributed by atoms with E-state index in [-0.39, 0.29) is 5.97 Å². The molecule has 0 bridgehead atoms. The van der Waals surface area contributed by atoms with E-state index in [0.29, 0.717) is 6.61 Å². The summed E-state index contributed by atoms with van der Waals surface area (Å²) in [6, 6.07) is 15.7. The van der Waals surface area contributed by atoms with Crippen LogP contribution in [0.15, 0.2) is 63.6 Å². The molecule has 4 heteroatoms. The minimum Gasteiger partial charge on any atom is -0.463 e. The second-order valence-corrected chi connectivity index (χ2v) is 6.57. The molecular weight excluding hydrogens is 408 g/mol. The van der Waals surface area contributed by atoms with Gasteiger partial charge in [0.15, 0.2) is 0 Å². The van der Waals surface area contributed by atoms with Gasteiger partial charge in [-0.15, -0.1) is 0 Å². The smallest absolute Gasteiger partial charge is 0.331 e. The lowest BCUT2D eigenvalue weighted by Gasteiger charge is -2.09. The molecule has 2 rings (SSSR count). The molecule has 0 saturated heterocycles. The molecule has 2 aromatic rings. The zero-order chi connectivity index (χ0) is 15.9. The van der Waals surface area contributed by atoms with E-state index in [1.54, 1.807) is 6.08 Å². The fourth-order valence-corrected chi connectivity index (χ4v) is 2.48. The van der Waals surface area contributed by atoms with Crippen molar-refractivity contribution in [2.24, 2.45) is 0 Å². The number of halogens is 2. The summed E-state index contributed by atoms with van der Waals surface area (Å²) in [5.41, 5.74) is 2.79. The van der Waals surface area contributed by atoms with Gasteiger partial charge < -0.3 is 4.74 Å². The van der Waals surface area contributed by atoms with Crippen LogP contribution in [0.25, 0.3) is 5.57 Å². The SMILES string of the molecule is CCCOC(=O)C=C(c1ccc(Br)cc1)c1ccc(Br)cc1. The molecule has 0 aromatic heterocycles.